The molecule has 1 aliphatic rings. The number of aliphatic hydroxyl groups excluding tert-OH is 1. The fraction of sp³-hybridized carbons (Fsp3) is 0.333. The van der Waals surface area contributed by atoms with Crippen LogP contribution in [-0.2, 0) is 19.9 Å². The first-order valence-corrected chi connectivity index (χ1v) is 11.7. The van der Waals surface area contributed by atoms with Crippen molar-refractivity contribution in [1.82, 2.24) is 0 Å². The van der Waals surface area contributed by atoms with Crippen molar-refractivity contribution in [1.29, 1.82) is 0 Å². The van der Waals surface area contributed by atoms with Crippen LogP contribution in [0.25, 0.3) is 0 Å². The third-order valence-corrected chi connectivity index (χ3v) is 7.69. The van der Waals surface area contributed by atoms with Gasteiger partial charge in [0.05, 0.1) is 28.5 Å². The average molecular weight is 411 g/mol. The zero-order valence-electron chi connectivity index (χ0n) is 15.0. The lowest BCUT2D eigenvalue weighted by atomic mass is 10.2. The first kappa shape index (κ1) is 19.7. The average Bonchev–Trinajstić information content (AvgIpc) is 2.80. The molecule has 3 rings (SSSR count). The number of hydrogen-bond acceptors (Lipinski definition) is 6. The maximum absolute atomic E-state index is 12.6. The molecule has 0 unspecified atom stereocenters. The Morgan fingerprint density at radius 1 is 1.00 bits per heavy atom. The molecule has 0 aromatic heterocycles. The van der Waals surface area contributed by atoms with E-state index >= 15 is 0 Å². The van der Waals surface area contributed by atoms with Crippen molar-refractivity contribution in [3.63, 3.8) is 0 Å². The van der Waals surface area contributed by atoms with Gasteiger partial charge in [-0.3, -0.25) is 4.72 Å². The summed E-state index contributed by atoms with van der Waals surface area (Å²) in [5.41, 5.74) is 2.64. The number of aliphatic hydroxyl groups is 1. The number of rotatable bonds is 5. The molecular formula is C18H22N2O5S2. The molecule has 1 saturated heterocycles. The Morgan fingerprint density at radius 2 is 1.63 bits per heavy atom. The van der Waals surface area contributed by atoms with E-state index in [0.717, 1.165) is 5.56 Å². The van der Waals surface area contributed by atoms with E-state index in [0.29, 0.717) is 16.9 Å². The summed E-state index contributed by atoms with van der Waals surface area (Å²) in [6, 6.07) is 11.0. The van der Waals surface area contributed by atoms with E-state index in [9.17, 15) is 21.9 Å². The van der Waals surface area contributed by atoms with E-state index in [1.807, 2.05) is 13.0 Å². The summed E-state index contributed by atoms with van der Waals surface area (Å²) in [5.74, 6) is -0.381. The van der Waals surface area contributed by atoms with Crippen LogP contribution >= 0.6 is 0 Å². The maximum Gasteiger partial charge on any atom is 0.262 e. The standard InChI is InChI=1S/C18H22N2O5S2/c1-12-3-8-18(13(2)9-12)27(24,25)20-15-6-4-14(5-7-15)19-16-10-26(22,23)11-17(16)21/h3-9,16-17,19-21H,10-11H2,1-2H3/t16-,17+/m0/s1. The van der Waals surface area contributed by atoms with Crippen LogP contribution in [0.1, 0.15) is 11.1 Å². The highest BCUT2D eigenvalue weighted by Crippen LogP contribution is 2.23. The van der Waals surface area contributed by atoms with Crippen LogP contribution in [0.5, 0.6) is 0 Å². The number of sulfonamides is 1. The molecule has 0 bridgehead atoms. The summed E-state index contributed by atoms with van der Waals surface area (Å²) in [4.78, 5) is 0.217. The second-order valence-electron chi connectivity index (χ2n) is 6.85. The summed E-state index contributed by atoms with van der Waals surface area (Å²) in [6.07, 6.45) is -0.960. The van der Waals surface area contributed by atoms with E-state index in [2.05, 4.69) is 10.0 Å². The van der Waals surface area contributed by atoms with Crippen molar-refractivity contribution in [3.05, 3.63) is 53.6 Å². The molecule has 2 aromatic rings. The molecule has 0 aliphatic carbocycles. The van der Waals surface area contributed by atoms with Gasteiger partial charge in [0, 0.05) is 11.4 Å². The number of benzene rings is 2. The van der Waals surface area contributed by atoms with E-state index in [-0.39, 0.29) is 16.4 Å². The Morgan fingerprint density at radius 3 is 2.19 bits per heavy atom. The molecule has 146 valence electrons. The van der Waals surface area contributed by atoms with Gasteiger partial charge in [-0.05, 0) is 49.7 Å². The molecule has 9 heteroatoms. The first-order valence-electron chi connectivity index (χ1n) is 8.41. The first-order chi connectivity index (χ1) is 12.6. The molecule has 0 amide bonds. The Kier molecular flexibility index (Phi) is 5.20. The predicted molar refractivity (Wildman–Crippen MR) is 105 cm³/mol. The van der Waals surface area contributed by atoms with Gasteiger partial charge in [0.2, 0.25) is 0 Å². The number of nitrogens with one attached hydrogen (secondary N) is 2. The highest BCUT2D eigenvalue weighted by atomic mass is 32.2. The van der Waals surface area contributed by atoms with Crippen molar-refractivity contribution < 1.29 is 21.9 Å². The topological polar surface area (TPSA) is 113 Å². The van der Waals surface area contributed by atoms with Crippen LogP contribution in [-0.4, -0.2) is 45.6 Å². The number of hydrogen-bond donors (Lipinski definition) is 3. The normalized spacial score (nSPS) is 21.7. The Hall–Kier alpha value is -2.10. The maximum atomic E-state index is 12.6. The Balaban J connectivity index is 1.72. The lowest BCUT2D eigenvalue weighted by Crippen LogP contribution is -2.31. The van der Waals surface area contributed by atoms with Crippen molar-refractivity contribution in [2.45, 2.75) is 30.9 Å². The van der Waals surface area contributed by atoms with Crippen molar-refractivity contribution in [2.24, 2.45) is 0 Å². The van der Waals surface area contributed by atoms with Crippen LogP contribution in [0.15, 0.2) is 47.4 Å². The molecule has 2 atom stereocenters. The second kappa shape index (κ2) is 7.14. The van der Waals surface area contributed by atoms with Crippen molar-refractivity contribution in [3.8, 4) is 0 Å². The minimum Gasteiger partial charge on any atom is -0.390 e. The lowest BCUT2D eigenvalue weighted by molar-refractivity contribution is 0.190. The van der Waals surface area contributed by atoms with Crippen LogP contribution in [0, 0.1) is 13.8 Å². The van der Waals surface area contributed by atoms with Gasteiger partial charge in [-0.25, -0.2) is 16.8 Å². The molecule has 3 N–H and O–H groups in total. The zero-order chi connectivity index (χ0) is 19.8. The van der Waals surface area contributed by atoms with Crippen LogP contribution in [0.4, 0.5) is 11.4 Å². The second-order valence-corrected chi connectivity index (χ2v) is 10.7. The Bertz CT molecular complexity index is 1050. The van der Waals surface area contributed by atoms with Gasteiger partial charge < -0.3 is 10.4 Å². The molecule has 0 radical (unpaired) electrons. The fourth-order valence-electron chi connectivity index (χ4n) is 3.13. The largest absolute Gasteiger partial charge is 0.390 e. The number of anilines is 2. The summed E-state index contributed by atoms with van der Waals surface area (Å²) in [6.45, 7) is 3.64. The summed E-state index contributed by atoms with van der Waals surface area (Å²) in [7, 11) is -6.95. The smallest absolute Gasteiger partial charge is 0.262 e. The third kappa shape index (κ3) is 4.60. The van der Waals surface area contributed by atoms with E-state index < -0.39 is 32.0 Å². The molecular weight excluding hydrogens is 388 g/mol. The Labute approximate surface area is 159 Å². The summed E-state index contributed by atoms with van der Waals surface area (Å²) in [5, 5.41) is 12.8. The number of aryl methyl sites for hydroxylation is 2. The van der Waals surface area contributed by atoms with E-state index in [4.69, 9.17) is 0 Å². The molecule has 27 heavy (non-hydrogen) atoms. The zero-order valence-corrected chi connectivity index (χ0v) is 16.6. The highest BCUT2D eigenvalue weighted by molar-refractivity contribution is 7.92. The molecule has 1 fully saturated rings. The highest BCUT2D eigenvalue weighted by Gasteiger charge is 2.36. The van der Waals surface area contributed by atoms with Crippen molar-refractivity contribution >= 4 is 31.2 Å². The molecule has 0 spiro atoms. The molecule has 0 saturated carbocycles. The lowest BCUT2D eigenvalue weighted by Gasteiger charge is -2.17. The van der Waals surface area contributed by atoms with Crippen molar-refractivity contribution in [2.75, 3.05) is 21.5 Å². The van der Waals surface area contributed by atoms with Gasteiger partial charge in [-0.1, -0.05) is 17.7 Å². The fourth-order valence-corrected chi connectivity index (χ4v) is 6.15. The molecule has 2 aromatic carbocycles. The van der Waals surface area contributed by atoms with Crippen LogP contribution in [0.2, 0.25) is 0 Å². The van der Waals surface area contributed by atoms with Crippen LogP contribution < -0.4 is 10.0 Å². The molecule has 1 heterocycles. The summed E-state index contributed by atoms with van der Waals surface area (Å²) < 4.78 is 50.8. The monoisotopic (exact) mass is 410 g/mol. The third-order valence-electron chi connectivity index (χ3n) is 4.43. The summed E-state index contributed by atoms with van der Waals surface area (Å²) >= 11 is 0. The molecule has 1 aliphatic heterocycles. The minimum atomic E-state index is -3.71. The van der Waals surface area contributed by atoms with Gasteiger partial charge in [0.15, 0.2) is 9.84 Å². The minimum absolute atomic E-state index is 0.130. The molecule has 7 nitrogen and oxygen atoms in total. The van der Waals surface area contributed by atoms with Gasteiger partial charge >= 0.3 is 0 Å². The van der Waals surface area contributed by atoms with Gasteiger partial charge in [0.1, 0.15) is 0 Å². The predicted octanol–water partition coefficient (Wildman–Crippen LogP) is 1.67. The number of sulfone groups is 1. The quantitative estimate of drug-likeness (QED) is 0.691. The van der Waals surface area contributed by atoms with Gasteiger partial charge in [-0.15, -0.1) is 0 Å². The van der Waals surface area contributed by atoms with E-state index in [1.54, 1.807) is 43.3 Å². The van der Waals surface area contributed by atoms with Gasteiger partial charge in [0.25, 0.3) is 10.0 Å². The van der Waals surface area contributed by atoms with Gasteiger partial charge in [-0.2, -0.15) is 0 Å². The SMILES string of the molecule is Cc1ccc(S(=O)(=O)Nc2ccc(N[C@H]3CS(=O)(=O)C[C@H]3O)cc2)c(C)c1. The van der Waals surface area contributed by atoms with Crippen LogP contribution in [0.3, 0.4) is 0 Å². The van der Waals surface area contributed by atoms with E-state index in [1.165, 1.54) is 0 Å².